The van der Waals surface area contributed by atoms with Gasteiger partial charge in [-0.1, -0.05) is 96.0 Å². The summed E-state index contributed by atoms with van der Waals surface area (Å²) in [6.45, 7) is 2.61. The molecular weight excluding hydrogens is 486 g/mol. The molecule has 34 heavy (non-hydrogen) atoms. The van der Waals surface area contributed by atoms with Crippen LogP contribution in [-0.4, -0.2) is 38.0 Å². The summed E-state index contributed by atoms with van der Waals surface area (Å²) >= 11 is 13.3. The monoisotopic (exact) mass is 512 g/mol. The van der Waals surface area contributed by atoms with Crippen LogP contribution in [0.25, 0.3) is 10.1 Å². The van der Waals surface area contributed by atoms with Gasteiger partial charge in [0.25, 0.3) is 0 Å². The summed E-state index contributed by atoms with van der Waals surface area (Å²) in [5.74, 6) is 4.18. The van der Waals surface area contributed by atoms with Crippen molar-refractivity contribution in [1.29, 1.82) is 0 Å². The highest BCUT2D eigenvalue weighted by molar-refractivity contribution is 7.68. The van der Waals surface area contributed by atoms with Gasteiger partial charge in [-0.3, -0.25) is 4.57 Å². The van der Waals surface area contributed by atoms with Crippen molar-refractivity contribution in [2.75, 3.05) is 38.2 Å². The summed E-state index contributed by atoms with van der Waals surface area (Å²) in [7, 11) is -1.51. The maximum Gasteiger partial charge on any atom is 0.196 e. The smallest absolute Gasteiger partial charge is 0.196 e. The summed E-state index contributed by atoms with van der Waals surface area (Å²) in [6, 6.07) is 27.1. The number of nitrogens with zero attached hydrogens (tertiary/aromatic N) is 2. The fourth-order valence-electron chi connectivity index (χ4n) is 4.01. The van der Waals surface area contributed by atoms with Crippen molar-refractivity contribution in [3.63, 3.8) is 0 Å². The average Bonchev–Trinajstić information content (AvgIpc) is 2.89. The van der Waals surface area contributed by atoms with E-state index in [1.54, 1.807) is 18.7 Å². The third kappa shape index (κ3) is 5.76. The van der Waals surface area contributed by atoms with Crippen LogP contribution >= 0.6 is 30.5 Å². The Morgan fingerprint density at radius 2 is 1.24 bits per heavy atom. The van der Waals surface area contributed by atoms with E-state index in [-0.39, 0.29) is 0 Å². The minimum absolute atomic E-state index is 0.449. The van der Waals surface area contributed by atoms with E-state index >= 15 is 0 Å². The quantitative estimate of drug-likeness (QED) is 0.305. The summed E-state index contributed by atoms with van der Waals surface area (Å²) in [5.41, 5.74) is 2.68. The Bertz CT molecular complexity index is 1150. The molecule has 0 radical (unpaired) electrons. The first-order valence-electron chi connectivity index (χ1n) is 11.1. The van der Waals surface area contributed by atoms with Gasteiger partial charge in [-0.05, 0) is 23.3 Å². The fraction of sp³-hybridized carbons (Fsp3) is 0.185. The number of ether oxygens (including phenoxy) is 1. The topological polar surface area (TPSA) is 32.8 Å². The van der Waals surface area contributed by atoms with E-state index in [1.807, 2.05) is 89.6 Å². The third-order valence-corrected chi connectivity index (χ3v) is 9.32. The average molecular weight is 513 g/mol. The molecule has 0 bridgehead atoms. The van der Waals surface area contributed by atoms with Crippen LogP contribution in [0, 0.1) is 0 Å². The molecule has 0 amide bonds. The molecule has 1 aliphatic heterocycles. The number of methoxy groups -OCH3 is 1. The Hall–Kier alpha value is -2.49. The van der Waals surface area contributed by atoms with Crippen molar-refractivity contribution in [2.24, 2.45) is 0 Å². The lowest BCUT2D eigenvalue weighted by Crippen LogP contribution is -2.44. The van der Waals surface area contributed by atoms with Crippen molar-refractivity contribution < 1.29 is 9.30 Å². The lowest BCUT2D eigenvalue weighted by molar-refractivity contribution is 0.384. The molecule has 7 heteroatoms. The Balaban J connectivity index is 1.64. The van der Waals surface area contributed by atoms with E-state index in [1.165, 1.54) is 0 Å². The highest BCUT2D eigenvalue weighted by Gasteiger charge is 2.31. The SMILES string of the molecule is COc1ccccc1N1CCN(P(=O)(C=C(Cl)c2ccccc2)C=C(Cl)c2ccccc2)CC1. The van der Waals surface area contributed by atoms with Gasteiger partial charge >= 0.3 is 0 Å². The Labute approximate surface area is 211 Å². The van der Waals surface area contributed by atoms with E-state index in [9.17, 15) is 4.57 Å². The molecule has 176 valence electrons. The molecule has 0 aliphatic carbocycles. The summed E-state index contributed by atoms with van der Waals surface area (Å²) in [5, 5.41) is 0.898. The molecule has 1 fully saturated rings. The second-order valence-corrected chi connectivity index (χ2v) is 11.2. The number of hydrogen-bond donors (Lipinski definition) is 0. The van der Waals surface area contributed by atoms with E-state index in [4.69, 9.17) is 27.9 Å². The molecule has 0 saturated carbocycles. The maximum absolute atomic E-state index is 14.5. The van der Waals surface area contributed by atoms with Gasteiger partial charge in [-0.15, -0.1) is 0 Å². The van der Waals surface area contributed by atoms with E-state index in [2.05, 4.69) is 4.90 Å². The number of rotatable bonds is 7. The van der Waals surface area contributed by atoms with Crippen LogP contribution in [0.3, 0.4) is 0 Å². The zero-order valence-corrected chi connectivity index (χ0v) is 21.4. The number of para-hydroxylation sites is 2. The number of hydrogen-bond acceptors (Lipinski definition) is 3. The van der Waals surface area contributed by atoms with E-state index in [0.29, 0.717) is 36.2 Å². The normalized spacial score (nSPS) is 17.3. The second kappa shape index (κ2) is 11.3. The molecule has 0 unspecified atom stereocenters. The standard InChI is InChI=1S/C27H27Cl2N2O2P/c1-33-27-15-9-8-14-26(27)30-16-18-31(19-17-30)34(32,20-24(28)22-10-4-2-5-11-22)21-25(29)23-12-6-3-7-13-23/h2-15,20-21H,16-19H2,1H3. The van der Waals surface area contributed by atoms with Gasteiger partial charge in [0, 0.05) is 37.8 Å². The van der Waals surface area contributed by atoms with Crippen LogP contribution in [0.1, 0.15) is 11.1 Å². The summed E-state index contributed by atoms with van der Waals surface area (Å²) < 4.78 is 22.0. The van der Waals surface area contributed by atoms with Crippen LogP contribution in [0.4, 0.5) is 5.69 Å². The van der Waals surface area contributed by atoms with Gasteiger partial charge in [0.2, 0.25) is 0 Å². The minimum Gasteiger partial charge on any atom is -0.495 e. The van der Waals surface area contributed by atoms with Crippen LogP contribution in [0.15, 0.2) is 96.6 Å². The maximum atomic E-state index is 14.5. The number of halogens is 2. The van der Waals surface area contributed by atoms with Gasteiger partial charge in [0.15, 0.2) is 7.29 Å². The highest BCUT2D eigenvalue weighted by Crippen LogP contribution is 2.57. The van der Waals surface area contributed by atoms with Crippen molar-refractivity contribution in [3.05, 3.63) is 108 Å². The summed E-state index contributed by atoms with van der Waals surface area (Å²) in [4.78, 5) is 2.25. The number of piperazine rings is 1. The van der Waals surface area contributed by atoms with E-state index in [0.717, 1.165) is 22.6 Å². The first-order valence-corrected chi connectivity index (χ1v) is 13.7. The molecule has 1 heterocycles. The molecule has 0 atom stereocenters. The molecule has 4 nitrogen and oxygen atoms in total. The van der Waals surface area contributed by atoms with Crippen LogP contribution < -0.4 is 9.64 Å². The van der Waals surface area contributed by atoms with Crippen molar-refractivity contribution in [1.82, 2.24) is 4.67 Å². The van der Waals surface area contributed by atoms with Gasteiger partial charge in [0.1, 0.15) is 5.75 Å². The second-order valence-electron chi connectivity index (χ2n) is 7.97. The van der Waals surface area contributed by atoms with Crippen LogP contribution in [0.5, 0.6) is 5.75 Å². The Kier molecular flexibility index (Phi) is 8.18. The molecule has 0 N–H and O–H groups in total. The predicted octanol–water partition coefficient (Wildman–Crippen LogP) is 7.57. The lowest BCUT2D eigenvalue weighted by Gasteiger charge is -2.38. The molecule has 4 rings (SSSR count). The zero-order chi connectivity index (χ0) is 24.0. The van der Waals surface area contributed by atoms with Crippen molar-refractivity contribution in [3.8, 4) is 5.75 Å². The molecule has 0 aromatic heterocycles. The highest BCUT2D eigenvalue weighted by atomic mass is 35.5. The fourth-order valence-corrected chi connectivity index (χ4v) is 7.25. The first-order chi connectivity index (χ1) is 16.5. The molecule has 1 aliphatic rings. The van der Waals surface area contributed by atoms with Gasteiger partial charge in [0.05, 0.1) is 22.9 Å². The van der Waals surface area contributed by atoms with Crippen LogP contribution in [0.2, 0.25) is 0 Å². The molecule has 3 aromatic rings. The Morgan fingerprint density at radius 1 is 0.765 bits per heavy atom. The first kappa shape index (κ1) is 24.6. The van der Waals surface area contributed by atoms with Gasteiger partial charge < -0.3 is 9.64 Å². The van der Waals surface area contributed by atoms with E-state index < -0.39 is 7.29 Å². The largest absolute Gasteiger partial charge is 0.495 e. The third-order valence-electron chi connectivity index (χ3n) is 5.82. The number of benzene rings is 3. The zero-order valence-electron chi connectivity index (χ0n) is 19.0. The number of anilines is 1. The molecule has 3 aromatic carbocycles. The lowest BCUT2D eigenvalue weighted by atomic mass is 10.2. The molecule has 0 spiro atoms. The van der Waals surface area contributed by atoms with Crippen molar-refractivity contribution in [2.45, 2.75) is 0 Å². The minimum atomic E-state index is -3.19. The van der Waals surface area contributed by atoms with Gasteiger partial charge in [-0.2, -0.15) is 0 Å². The van der Waals surface area contributed by atoms with Crippen molar-refractivity contribution >= 4 is 46.2 Å². The molecule has 1 saturated heterocycles. The Morgan fingerprint density at radius 3 is 1.74 bits per heavy atom. The predicted molar refractivity (Wildman–Crippen MR) is 145 cm³/mol. The summed E-state index contributed by atoms with van der Waals surface area (Å²) in [6.07, 6.45) is 0. The van der Waals surface area contributed by atoms with Gasteiger partial charge in [-0.25, -0.2) is 4.67 Å². The van der Waals surface area contributed by atoms with Crippen LogP contribution in [-0.2, 0) is 4.57 Å². The molecular formula is C27H27Cl2N2O2P.